The van der Waals surface area contributed by atoms with Crippen molar-refractivity contribution in [3.05, 3.63) is 99.9 Å². The first-order valence-corrected chi connectivity index (χ1v) is 9.45. The van der Waals surface area contributed by atoms with E-state index < -0.39 is 17.5 Å². The number of rotatable bonds is 3. The fraction of sp³-hybridized carbons (Fsp3) is 0.154. The molecule has 150 valence electrons. The summed E-state index contributed by atoms with van der Waals surface area (Å²) in [6, 6.07) is 14.1. The molecule has 0 amide bonds. The maximum absolute atomic E-state index is 14.1. The van der Waals surface area contributed by atoms with Gasteiger partial charge in [0.15, 0.2) is 11.6 Å². The van der Waals surface area contributed by atoms with Gasteiger partial charge in [0.2, 0.25) is 0 Å². The molecule has 0 aliphatic heterocycles. The minimum atomic E-state index is -0.653. The van der Waals surface area contributed by atoms with Crippen molar-refractivity contribution >= 4 is 0 Å². The van der Waals surface area contributed by atoms with Gasteiger partial charge in [-0.3, -0.25) is 0 Å². The van der Waals surface area contributed by atoms with Crippen molar-refractivity contribution in [1.29, 1.82) is 0 Å². The lowest BCUT2D eigenvalue weighted by Crippen LogP contribution is -1.94. The van der Waals surface area contributed by atoms with Crippen LogP contribution in [0.25, 0.3) is 0 Å². The van der Waals surface area contributed by atoms with E-state index in [0.717, 1.165) is 6.42 Å². The molecule has 0 heterocycles. The van der Waals surface area contributed by atoms with Gasteiger partial charge in [0.05, 0.1) is 12.7 Å². The summed E-state index contributed by atoms with van der Waals surface area (Å²) in [4.78, 5) is 0. The van der Waals surface area contributed by atoms with Gasteiger partial charge in [-0.05, 0) is 66.6 Å². The number of methoxy groups -OCH3 is 1. The zero-order valence-electron chi connectivity index (χ0n) is 16.7. The Hall–Kier alpha value is -3.63. The van der Waals surface area contributed by atoms with E-state index in [-0.39, 0.29) is 11.3 Å². The Balaban J connectivity index is 1.76. The third kappa shape index (κ3) is 5.25. The van der Waals surface area contributed by atoms with E-state index in [2.05, 4.69) is 23.7 Å². The minimum absolute atomic E-state index is 0.163. The molecular weight excluding hydrogens is 385 g/mol. The zero-order chi connectivity index (χ0) is 21.5. The first kappa shape index (κ1) is 21.1. The number of hydrogen-bond donors (Lipinski definition) is 0. The zero-order valence-corrected chi connectivity index (χ0v) is 16.7. The van der Waals surface area contributed by atoms with E-state index in [1.165, 1.54) is 31.4 Å². The summed E-state index contributed by atoms with van der Waals surface area (Å²) in [5, 5.41) is 0. The monoisotopic (exact) mass is 404 g/mol. The second-order valence-electron chi connectivity index (χ2n) is 6.61. The Morgan fingerprint density at radius 3 is 1.77 bits per heavy atom. The molecule has 0 bridgehead atoms. The highest BCUT2D eigenvalue weighted by Crippen LogP contribution is 2.18. The molecule has 0 aliphatic carbocycles. The number of aryl methyl sites for hydroxylation is 1. The van der Waals surface area contributed by atoms with Crippen LogP contribution in [0, 0.1) is 41.1 Å². The van der Waals surface area contributed by atoms with Crippen LogP contribution < -0.4 is 4.74 Å². The average Bonchev–Trinajstić information content (AvgIpc) is 2.73. The number of hydrogen-bond acceptors (Lipinski definition) is 1. The fourth-order valence-corrected chi connectivity index (χ4v) is 2.84. The van der Waals surface area contributed by atoms with Crippen molar-refractivity contribution in [3.63, 3.8) is 0 Å². The molecule has 1 nitrogen and oxygen atoms in total. The third-order valence-electron chi connectivity index (χ3n) is 4.36. The Morgan fingerprint density at radius 1 is 0.700 bits per heavy atom. The predicted molar refractivity (Wildman–Crippen MR) is 112 cm³/mol. The molecule has 4 heteroatoms. The molecule has 0 atom stereocenters. The molecule has 3 aromatic rings. The summed E-state index contributed by atoms with van der Waals surface area (Å²) in [5.74, 6) is 9.55. The van der Waals surface area contributed by atoms with Gasteiger partial charge in [-0.25, -0.2) is 13.2 Å². The van der Waals surface area contributed by atoms with Gasteiger partial charge in [-0.2, -0.15) is 0 Å². The van der Waals surface area contributed by atoms with Gasteiger partial charge in [0.1, 0.15) is 11.6 Å². The van der Waals surface area contributed by atoms with Gasteiger partial charge < -0.3 is 4.74 Å². The number of halogens is 3. The lowest BCUT2D eigenvalue weighted by molar-refractivity contribution is 0.386. The highest BCUT2D eigenvalue weighted by molar-refractivity contribution is 5.49. The van der Waals surface area contributed by atoms with Crippen LogP contribution in [-0.4, -0.2) is 7.11 Å². The average molecular weight is 404 g/mol. The van der Waals surface area contributed by atoms with Crippen LogP contribution in [-0.2, 0) is 6.42 Å². The van der Waals surface area contributed by atoms with E-state index in [9.17, 15) is 13.2 Å². The van der Waals surface area contributed by atoms with Crippen molar-refractivity contribution < 1.29 is 17.9 Å². The first-order valence-electron chi connectivity index (χ1n) is 9.45. The smallest absolute Gasteiger partial charge is 0.166 e. The molecule has 3 rings (SSSR count). The van der Waals surface area contributed by atoms with Crippen LogP contribution in [0.5, 0.6) is 5.75 Å². The summed E-state index contributed by atoms with van der Waals surface area (Å²) in [5.41, 5.74) is 2.22. The second-order valence-corrected chi connectivity index (χ2v) is 6.61. The highest BCUT2D eigenvalue weighted by atomic mass is 19.1. The second kappa shape index (κ2) is 9.72. The largest absolute Gasteiger partial charge is 0.494 e. The Morgan fingerprint density at radius 2 is 1.23 bits per heavy atom. The maximum atomic E-state index is 14.1. The van der Waals surface area contributed by atoms with Crippen molar-refractivity contribution in [2.75, 3.05) is 7.11 Å². The van der Waals surface area contributed by atoms with Crippen LogP contribution >= 0.6 is 0 Å². The van der Waals surface area contributed by atoms with Gasteiger partial charge in [-0.15, -0.1) is 0 Å². The normalized spacial score (nSPS) is 9.90. The summed E-state index contributed by atoms with van der Waals surface area (Å²) in [6.45, 7) is 1.95. The van der Waals surface area contributed by atoms with Gasteiger partial charge in [-0.1, -0.05) is 37.0 Å². The van der Waals surface area contributed by atoms with Gasteiger partial charge in [0.25, 0.3) is 0 Å². The maximum Gasteiger partial charge on any atom is 0.166 e. The highest BCUT2D eigenvalue weighted by Gasteiger charge is 2.08. The number of benzene rings is 3. The lowest BCUT2D eigenvalue weighted by atomic mass is 10.1. The number of ether oxygens (including phenoxy) is 1. The van der Waals surface area contributed by atoms with E-state index in [1.54, 1.807) is 30.3 Å². The summed E-state index contributed by atoms with van der Waals surface area (Å²) in [7, 11) is 1.40. The summed E-state index contributed by atoms with van der Waals surface area (Å²) >= 11 is 0. The van der Waals surface area contributed by atoms with Crippen LogP contribution in [0.3, 0.4) is 0 Å². The molecule has 0 fully saturated rings. The lowest BCUT2D eigenvalue weighted by Gasteiger charge is -2.02. The van der Waals surface area contributed by atoms with E-state index in [0.29, 0.717) is 28.7 Å². The Kier molecular flexibility index (Phi) is 6.83. The molecule has 30 heavy (non-hydrogen) atoms. The molecule has 0 aromatic heterocycles. The minimum Gasteiger partial charge on any atom is -0.494 e. The molecular formula is C26H19F3O. The third-order valence-corrected chi connectivity index (χ3v) is 4.36. The molecule has 0 saturated carbocycles. The predicted octanol–water partition coefficient (Wildman–Crippen LogP) is 5.86. The molecule has 0 N–H and O–H groups in total. The van der Waals surface area contributed by atoms with Crippen LogP contribution in [0.1, 0.15) is 41.2 Å². The summed E-state index contributed by atoms with van der Waals surface area (Å²) in [6.07, 6.45) is 1.43. The van der Waals surface area contributed by atoms with E-state index in [1.807, 2.05) is 6.92 Å². The standard InChI is InChI=1S/C26H19F3O/c1-3-4-21-16-23(27)22(24(28)17-21)13-11-19-7-5-18(6-8-19)9-10-20-12-14-26(30-2)25(29)15-20/h5-8,12,14-17H,3-4H2,1-2H3. The van der Waals surface area contributed by atoms with Crippen molar-refractivity contribution in [3.8, 4) is 29.4 Å². The van der Waals surface area contributed by atoms with Crippen molar-refractivity contribution in [2.24, 2.45) is 0 Å². The Bertz CT molecular complexity index is 1150. The molecule has 0 saturated heterocycles. The van der Waals surface area contributed by atoms with Crippen molar-refractivity contribution in [1.82, 2.24) is 0 Å². The van der Waals surface area contributed by atoms with Crippen LogP contribution in [0.4, 0.5) is 13.2 Å². The quantitative estimate of drug-likeness (QED) is 0.497. The molecule has 0 spiro atoms. The van der Waals surface area contributed by atoms with Crippen LogP contribution in [0.15, 0.2) is 54.6 Å². The molecule has 3 aromatic carbocycles. The topological polar surface area (TPSA) is 9.23 Å². The van der Waals surface area contributed by atoms with Gasteiger partial charge in [0, 0.05) is 16.7 Å². The van der Waals surface area contributed by atoms with Crippen molar-refractivity contribution in [2.45, 2.75) is 19.8 Å². The molecule has 0 radical (unpaired) electrons. The van der Waals surface area contributed by atoms with E-state index in [4.69, 9.17) is 4.74 Å². The van der Waals surface area contributed by atoms with Crippen LogP contribution in [0.2, 0.25) is 0 Å². The van der Waals surface area contributed by atoms with Gasteiger partial charge >= 0.3 is 0 Å². The fourth-order valence-electron chi connectivity index (χ4n) is 2.84. The summed E-state index contributed by atoms with van der Waals surface area (Å²) < 4.78 is 46.9. The SMILES string of the molecule is CCCc1cc(F)c(C#Cc2ccc(C#Cc3ccc(OC)c(F)c3)cc2)c(F)c1. The molecule has 0 aliphatic rings. The van der Waals surface area contributed by atoms with E-state index >= 15 is 0 Å². The Labute approximate surface area is 174 Å². The molecule has 0 unspecified atom stereocenters. The first-order chi connectivity index (χ1) is 14.5.